The Morgan fingerprint density at radius 2 is 1.81 bits per heavy atom. The molecule has 0 fully saturated rings. The van der Waals surface area contributed by atoms with Crippen LogP contribution in [0, 0.1) is 11.8 Å². The van der Waals surface area contributed by atoms with Gasteiger partial charge in [-0.25, -0.2) is 0 Å². The predicted molar refractivity (Wildman–Crippen MR) is 111 cm³/mol. The highest BCUT2D eigenvalue weighted by Gasteiger charge is 2.64. The second-order valence-corrected chi connectivity index (χ2v) is 8.78. The molecule has 32 heavy (non-hydrogen) atoms. The molecule has 0 bridgehead atoms. The normalized spacial score (nSPS) is 31.8. The fourth-order valence-corrected chi connectivity index (χ4v) is 5.44. The molecule has 0 saturated carbocycles. The van der Waals surface area contributed by atoms with Crippen LogP contribution in [0.25, 0.3) is 0 Å². The van der Waals surface area contributed by atoms with Crippen LogP contribution in [0.15, 0.2) is 34.8 Å². The SMILES string of the molecule is C[C@H]1c2c(N(C)C)ccc(O)c2C(=O)C2=C(O)[C@]3(O)C(=O)C(C(N)=O)=C(O)C[C@@H]3[C@@H](O)[C@@H]21. The summed E-state index contributed by atoms with van der Waals surface area (Å²) in [5, 5.41) is 54.2. The Bertz CT molecular complexity index is 1150. The highest BCUT2D eigenvalue weighted by molar-refractivity contribution is 6.24. The Hall–Kier alpha value is -3.37. The van der Waals surface area contributed by atoms with Crippen molar-refractivity contribution in [3.63, 3.8) is 0 Å². The van der Waals surface area contributed by atoms with E-state index < -0.39 is 76.0 Å². The van der Waals surface area contributed by atoms with Crippen LogP contribution in [0.4, 0.5) is 5.69 Å². The maximum Gasteiger partial charge on any atom is 0.255 e. The fraction of sp³-hybridized carbons (Fsp3) is 0.409. The molecule has 4 rings (SSSR count). The molecule has 0 aliphatic heterocycles. The third-order valence-electron chi connectivity index (χ3n) is 6.94. The highest BCUT2D eigenvalue weighted by atomic mass is 16.4. The minimum absolute atomic E-state index is 0.104. The molecule has 170 valence electrons. The van der Waals surface area contributed by atoms with Gasteiger partial charge >= 0.3 is 0 Å². The number of hydrogen-bond donors (Lipinski definition) is 6. The van der Waals surface area contributed by atoms with Crippen LogP contribution >= 0.6 is 0 Å². The molecule has 3 aliphatic carbocycles. The van der Waals surface area contributed by atoms with Crippen molar-refractivity contribution in [2.45, 2.75) is 31.0 Å². The maximum absolute atomic E-state index is 13.5. The van der Waals surface area contributed by atoms with Crippen molar-refractivity contribution in [2.24, 2.45) is 17.6 Å². The van der Waals surface area contributed by atoms with E-state index in [1.54, 1.807) is 32.0 Å². The topological polar surface area (TPSA) is 182 Å². The van der Waals surface area contributed by atoms with Gasteiger partial charge < -0.3 is 36.2 Å². The molecule has 10 nitrogen and oxygen atoms in total. The van der Waals surface area contributed by atoms with Crippen LogP contribution in [0.3, 0.4) is 0 Å². The number of carbonyl (C=O) groups is 3. The number of nitrogens with two attached hydrogens (primary N) is 1. The zero-order valence-corrected chi connectivity index (χ0v) is 17.7. The number of phenolic OH excluding ortho intramolecular Hbond substituents is 1. The number of carbonyl (C=O) groups excluding carboxylic acids is 3. The number of aliphatic hydroxyl groups excluding tert-OH is 3. The number of phenols is 1. The van der Waals surface area contributed by atoms with Crippen molar-refractivity contribution >= 4 is 23.2 Å². The molecule has 1 amide bonds. The van der Waals surface area contributed by atoms with Crippen molar-refractivity contribution in [3.05, 3.63) is 45.9 Å². The monoisotopic (exact) mass is 444 g/mol. The number of ketones is 2. The Balaban J connectivity index is 2.02. The van der Waals surface area contributed by atoms with Crippen molar-refractivity contribution in [2.75, 3.05) is 19.0 Å². The molecule has 1 aromatic rings. The number of aliphatic hydroxyl groups is 4. The summed E-state index contributed by atoms with van der Waals surface area (Å²) in [6.07, 6.45) is -2.06. The number of Topliss-reactive ketones (excluding diaryl/α,β-unsaturated/α-hetero) is 2. The lowest BCUT2D eigenvalue weighted by Gasteiger charge is -2.50. The lowest BCUT2D eigenvalue weighted by molar-refractivity contribution is -0.154. The van der Waals surface area contributed by atoms with Crippen LogP contribution in [-0.4, -0.2) is 68.8 Å². The lowest BCUT2D eigenvalue weighted by atomic mass is 9.56. The zero-order chi connectivity index (χ0) is 23.9. The quantitative estimate of drug-likeness (QED) is 0.347. The first-order chi connectivity index (χ1) is 14.8. The summed E-state index contributed by atoms with van der Waals surface area (Å²) >= 11 is 0. The van der Waals surface area contributed by atoms with E-state index in [1.165, 1.54) is 6.07 Å². The van der Waals surface area contributed by atoms with Gasteiger partial charge in [-0.05, 0) is 23.6 Å². The van der Waals surface area contributed by atoms with Crippen molar-refractivity contribution in [3.8, 4) is 5.75 Å². The largest absolute Gasteiger partial charge is 0.511 e. The summed E-state index contributed by atoms with van der Waals surface area (Å²) in [6, 6.07) is 2.95. The number of rotatable bonds is 2. The zero-order valence-electron chi connectivity index (χ0n) is 17.7. The van der Waals surface area contributed by atoms with E-state index in [2.05, 4.69) is 0 Å². The molecule has 3 aliphatic rings. The van der Waals surface area contributed by atoms with Crippen molar-refractivity contribution in [1.82, 2.24) is 0 Å². The number of fused-ring (bicyclic) bond motifs is 3. The first-order valence-electron chi connectivity index (χ1n) is 10.0. The summed E-state index contributed by atoms with van der Waals surface area (Å²) in [5.74, 6) is -8.70. The first-order valence-corrected chi connectivity index (χ1v) is 10.0. The van der Waals surface area contributed by atoms with E-state index in [1.807, 2.05) is 0 Å². The number of hydrogen-bond acceptors (Lipinski definition) is 9. The van der Waals surface area contributed by atoms with Crippen LogP contribution < -0.4 is 10.6 Å². The summed E-state index contributed by atoms with van der Waals surface area (Å²) in [6.45, 7) is 1.69. The van der Waals surface area contributed by atoms with Gasteiger partial charge in [0, 0.05) is 43.6 Å². The van der Waals surface area contributed by atoms with Crippen molar-refractivity contribution < 1.29 is 39.9 Å². The Labute approximate surface area is 182 Å². The minimum atomic E-state index is -2.83. The number of amides is 1. The molecule has 0 spiro atoms. The summed E-state index contributed by atoms with van der Waals surface area (Å²) in [4.78, 5) is 39.9. The third kappa shape index (κ3) is 2.50. The van der Waals surface area contributed by atoms with Crippen LogP contribution in [0.5, 0.6) is 5.75 Å². The van der Waals surface area contributed by atoms with Crippen LogP contribution in [-0.2, 0) is 9.59 Å². The Kier molecular flexibility index (Phi) is 4.65. The fourth-order valence-electron chi connectivity index (χ4n) is 5.44. The van der Waals surface area contributed by atoms with Gasteiger partial charge in [-0.2, -0.15) is 0 Å². The molecular weight excluding hydrogens is 420 g/mol. The first kappa shape index (κ1) is 21.8. The molecule has 7 N–H and O–H groups in total. The van der Waals surface area contributed by atoms with Gasteiger partial charge in [-0.3, -0.25) is 14.4 Å². The van der Waals surface area contributed by atoms with E-state index in [9.17, 15) is 39.9 Å². The number of nitrogens with zero attached hydrogens (tertiary/aromatic N) is 1. The molecule has 0 heterocycles. The number of allylic oxidation sites excluding steroid dienone is 1. The Morgan fingerprint density at radius 1 is 1.19 bits per heavy atom. The van der Waals surface area contributed by atoms with Crippen LogP contribution in [0.1, 0.15) is 35.2 Å². The highest BCUT2D eigenvalue weighted by Crippen LogP contribution is 2.56. The smallest absolute Gasteiger partial charge is 0.255 e. The summed E-state index contributed by atoms with van der Waals surface area (Å²) in [5.41, 5.74) is 1.99. The second kappa shape index (κ2) is 6.81. The van der Waals surface area contributed by atoms with Crippen LogP contribution in [0.2, 0.25) is 0 Å². The third-order valence-corrected chi connectivity index (χ3v) is 6.94. The summed E-state index contributed by atoms with van der Waals surface area (Å²) < 4.78 is 0. The maximum atomic E-state index is 13.5. The van der Waals surface area contributed by atoms with E-state index in [0.717, 1.165) is 0 Å². The molecule has 0 aromatic heterocycles. The molecule has 10 heteroatoms. The van der Waals surface area contributed by atoms with E-state index in [4.69, 9.17) is 5.73 Å². The number of anilines is 1. The predicted octanol–water partition coefficient (Wildman–Crippen LogP) is 0.178. The van der Waals surface area contributed by atoms with E-state index in [-0.39, 0.29) is 11.3 Å². The van der Waals surface area contributed by atoms with Gasteiger partial charge in [0.25, 0.3) is 5.91 Å². The Morgan fingerprint density at radius 3 is 2.38 bits per heavy atom. The lowest BCUT2D eigenvalue weighted by Crippen LogP contribution is -2.62. The van der Waals surface area contributed by atoms with E-state index >= 15 is 0 Å². The van der Waals surface area contributed by atoms with Gasteiger partial charge in [-0.15, -0.1) is 0 Å². The van der Waals surface area contributed by atoms with Gasteiger partial charge in [0.15, 0.2) is 11.4 Å². The average Bonchev–Trinajstić information content (AvgIpc) is 2.70. The number of benzene rings is 1. The molecule has 0 saturated heterocycles. The molecule has 0 unspecified atom stereocenters. The van der Waals surface area contributed by atoms with Gasteiger partial charge in [0.1, 0.15) is 22.8 Å². The molecule has 5 atom stereocenters. The second-order valence-electron chi connectivity index (χ2n) is 8.78. The minimum Gasteiger partial charge on any atom is -0.511 e. The standard InChI is InChI=1S/C22H24N2O8/c1-7-12-9(24(2)3)4-5-10(25)14(12)18(28)16-13(7)17(27)8-6-11(26)15(21(23)31)19(29)22(8,32)20(16)30/h4-5,7-8,13,17,25-27,30,32H,6H2,1-3H3,(H2,23,31)/t7-,8+,13+,17+,22+/m0/s1. The van der Waals surface area contributed by atoms with Gasteiger partial charge in [-0.1, -0.05) is 6.92 Å². The molecule has 0 radical (unpaired) electrons. The number of aromatic hydroxyl groups is 1. The average molecular weight is 444 g/mol. The molecular formula is C22H24N2O8. The summed E-state index contributed by atoms with van der Waals surface area (Å²) in [7, 11) is 3.49. The van der Waals surface area contributed by atoms with Gasteiger partial charge in [0.2, 0.25) is 5.78 Å². The van der Waals surface area contributed by atoms with Crippen molar-refractivity contribution in [1.29, 1.82) is 0 Å². The van der Waals surface area contributed by atoms with E-state index in [0.29, 0.717) is 11.3 Å². The number of primary amides is 1. The molecule has 1 aromatic carbocycles. The van der Waals surface area contributed by atoms with Gasteiger partial charge in [0.05, 0.1) is 11.7 Å².